The summed E-state index contributed by atoms with van der Waals surface area (Å²) in [7, 11) is 0. The maximum Gasteiger partial charge on any atom is 0.416 e. The second kappa shape index (κ2) is 8.38. The summed E-state index contributed by atoms with van der Waals surface area (Å²) >= 11 is 0. The van der Waals surface area contributed by atoms with E-state index >= 15 is 0 Å². The van der Waals surface area contributed by atoms with Gasteiger partial charge in [0.05, 0.1) is 37.3 Å². The number of hydrogen-bond acceptors (Lipinski definition) is 6. The normalized spacial score (nSPS) is 15.8. The second-order valence-corrected chi connectivity index (χ2v) is 7.53. The Morgan fingerprint density at radius 1 is 1.19 bits per heavy atom. The molecule has 0 bridgehead atoms. The predicted octanol–water partition coefficient (Wildman–Crippen LogP) is 3.40. The van der Waals surface area contributed by atoms with Gasteiger partial charge in [-0.25, -0.2) is 14.6 Å². The topological polar surface area (TPSA) is 72.3 Å². The molecular formula is C21H21F4N5O2. The van der Waals surface area contributed by atoms with E-state index in [9.17, 15) is 22.4 Å². The molecule has 0 amide bonds. The maximum atomic E-state index is 15.0. The fourth-order valence-corrected chi connectivity index (χ4v) is 3.62. The highest BCUT2D eigenvalue weighted by Crippen LogP contribution is 2.32. The number of hydrogen-bond donors (Lipinski definition) is 1. The van der Waals surface area contributed by atoms with Gasteiger partial charge in [0.25, 0.3) is 0 Å². The molecule has 1 aliphatic heterocycles. The van der Waals surface area contributed by atoms with Crippen molar-refractivity contribution >= 4 is 16.7 Å². The molecule has 0 saturated carbocycles. The van der Waals surface area contributed by atoms with E-state index < -0.39 is 29.2 Å². The van der Waals surface area contributed by atoms with Crippen molar-refractivity contribution in [1.29, 1.82) is 0 Å². The number of morpholine rings is 1. The molecule has 0 unspecified atom stereocenters. The van der Waals surface area contributed by atoms with Crippen molar-refractivity contribution in [3.63, 3.8) is 0 Å². The molecule has 11 heteroatoms. The molecule has 3 heterocycles. The standard InChI is InChI=1S/C21H21F4N5O2/c1-12(14-4-3-5-15(10-14)21(23,24)25)26-19-16-11-30(29-6-8-32-9-7-29)20(31)17(22)18(16)27-13(2)28-19/h3-5,10-12H,6-9H2,1-2H3,(H,26,27,28)/t12-/m1/s1. The van der Waals surface area contributed by atoms with Gasteiger partial charge >= 0.3 is 11.7 Å². The molecular weight excluding hydrogens is 430 g/mol. The highest BCUT2D eigenvalue weighted by Gasteiger charge is 2.31. The molecule has 0 aliphatic carbocycles. The number of pyridine rings is 1. The van der Waals surface area contributed by atoms with Gasteiger partial charge in [0, 0.05) is 12.2 Å². The van der Waals surface area contributed by atoms with Crippen LogP contribution in [0.5, 0.6) is 0 Å². The van der Waals surface area contributed by atoms with Crippen molar-refractivity contribution in [2.24, 2.45) is 0 Å². The molecule has 0 spiro atoms. The molecule has 1 aliphatic rings. The van der Waals surface area contributed by atoms with Crippen molar-refractivity contribution in [2.75, 3.05) is 36.6 Å². The minimum atomic E-state index is -4.47. The van der Waals surface area contributed by atoms with E-state index in [-0.39, 0.29) is 22.5 Å². The van der Waals surface area contributed by atoms with Crippen LogP contribution in [0.15, 0.2) is 35.3 Å². The molecule has 1 N–H and O–H groups in total. The third-order valence-electron chi connectivity index (χ3n) is 5.27. The third-order valence-corrected chi connectivity index (χ3v) is 5.27. The highest BCUT2D eigenvalue weighted by atomic mass is 19.4. The lowest BCUT2D eigenvalue weighted by Crippen LogP contribution is -2.49. The quantitative estimate of drug-likeness (QED) is 0.613. The molecule has 0 radical (unpaired) electrons. The van der Waals surface area contributed by atoms with Crippen LogP contribution in [0.2, 0.25) is 0 Å². The van der Waals surface area contributed by atoms with Crippen molar-refractivity contribution in [3.8, 4) is 0 Å². The van der Waals surface area contributed by atoms with Crippen LogP contribution in [0.1, 0.15) is 29.9 Å². The number of alkyl halides is 3. The van der Waals surface area contributed by atoms with Crippen LogP contribution < -0.4 is 15.9 Å². The molecule has 1 fully saturated rings. The summed E-state index contributed by atoms with van der Waals surface area (Å²) < 4.78 is 60.7. The monoisotopic (exact) mass is 451 g/mol. The Hall–Kier alpha value is -3.21. The zero-order valence-corrected chi connectivity index (χ0v) is 17.4. The van der Waals surface area contributed by atoms with Crippen LogP contribution in [-0.4, -0.2) is 40.9 Å². The number of fused-ring (bicyclic) bond motifs is 1. The number of ether oxygens (including phenoxy) is 1. The van der Waals surface area contributed by atoms with Gasteiger partial charge < -0.3 is 15.1 Å². The Morgan fingerprint density at radius 2 is 1.91 bits per heavy atom. The SMILES string of the molecule is Cc1nc(N[C@H](C)c2cccc(C(F)(F)F)c2)c2cn(N3CCOCC3)c(=O)c(F)c2n1. The van der Waals surface area contributed by atoms with Crippen LogP contribution in [0.3, 0.4) is 0 Å². The summed E-state index contributed by atoms with van der Waals surface area (Å²) in [6, 6.07) is 4.36. The Morgan fingerprint density at radius 3 is 2.59 bits per heavy atom. The molecule has 1 atom stereocenters. The van der Waals surface area contributed by atoms with E-state index in [0.29, 0.717) is 31.9 Å². The molecule has 2 aromatic heterocycles. The fourth-order valence-electron chi connectivity index (χ4n) is 3.62. The number of nitrogens with one attached hydrogen (secondary N) is 1. The van der Waals surface area contributed by atoms with Crippen LogP contribution in [0.4, 0.5) is 23.4 Å². The van der Waals surface area contributed by atoms with Crippen LogP contribution in [0.25, 0.3) is 10.9 Å². The minimum Gasteiger partial charge on any atom is -0.378 e. The first kappa shape index (κ1) is 22.0. The fraction of sp³-hybridized carbons (Fsp3) is 0.381. The molecule has 3 aromatic rings. The Kier molecular flexibility index (Phi) is 5.76. The van der Waals surface area contributed by atoms with Gasteiger partial charge in [-0.3, -0.25) is 4.79 Å². The summed E-state index contributed by atoms with van der Waals surface area (Å²) in [5.74, 6) is -0.578. The Labute approximate surface area is 180 Å². The average Bonchev–Trinajstić information content (AvgIpc) is 2.76. The van der Waals surface area contributed by atoms with Crippen LogP contribution >= 0.6 is 0 Å². The number of benzene rings is 1. The highest BCUT2D eigenvalue weighted by molar-refractivity contribution is 5.89. The van der Waals surface area contributed by atoms with Gasteiger partial charge in [-0.1, -0.05) is 12.1 Å². The number of rotatable bonds is 4. The van der Waals surface area contributed by atoms with Gasteiger partial charge in [-0.05, 0) is 31.5 Å². The van der Waals surface area contributed by atoms with Gasteiger partial charge in [0.1, 0.15) is 17.2 Å². The van der Waals surface area contributed by atoms with Crippen LogP contribution in [-0.2, 0) is 10.9 Å². The van der Waals surface area contributed by atoms with Gasteiger partial charge in [0.2, 0.25) is 5.82 Å². The average molecular weight is 451 g/mol. The van der Waals surface area contributed by atoms with Gasteiger partial charge in [0.15, 0.2) is 0 Å². The Balaban J connectivity index is 1.77. The second-order valence-electron chi connectivity index (χ2n) is 7.53. The number of aromatic nitrogens is 3. The number of nitrogens with zero attached hydrogens (tertiary/aromatic N) is 4. The predicted molar refractivity (Wildman–Crippen MR) is 111 cm³/mol. The van der Waals surface area contributed by atoms with E-state index in [0.717, 1.165) is 12.1 Å². The van der Waals surface area contributed by atoms with Gasteiger partial charge in [-0.15, -0.1) is 0 Å². The summed E-state index contributed by atoms with van der Waals surface area (Å²) in [6.07, 6.45) is -3.02. The van der Waals surface area contributed by atoms with Crippen molar-refractivity contribution in [2.45, 2.75) is 26.1 Å². The summed E-state index contributed by atoms with van der Waals surface area (Å²) in [5.41, 5.74) is -1.37. The largest absolute Gasteiger partial charge is 0.416 e. The zero-order valence-electron chi connectivity index (χ0n) is 17.4. The summed E-state index contributed by atoms with van der Waals surface area (Å²) in [5, 5.41) is 4.96. The van der Waals surface area contributed by atoms with E-state index in [1.807, 2.05) is 0 Å². The van der Waals surface area contributed by atoms with Crippen LogP contribution in [0, 0.1) is 12.7 Å². The van der Waals surface area contributed by atoms with Gasteiger partial charge in [-0.2, -0.15) is 17.6 Å². The molecule has 1 saturated heterocycles. The molecule has 7 nitrogen and oxygen atoms in total. The first-order valence-electron chi connectivity index (χ1n) is 10.0. The molecule has 4 rings (SSSR count). The summed E-state index contributed by atoms with van der Waals surface area (Å²) in [4.78, 5) is 21.0. The lowest BCUT2D eigenvalue weighted by Gasteiger charge is -2.30. The van der Waals surface area contributed by atoms with E-state index in [4.69, 9.17) is 4.74 Å². The van der Waals surface area contributed by atoms with Crippen molar-refractivity contribution in [3.05, 3.63) is 63.6 Å². The van der Waals surface area contributed by atoms with Crippen molar-refractivity contribution < 1.29 is 22.3 Å². The number of anilines is 1. The minimum absolute atomic E-state index is 0.147. The maximum absolute atomic E-state index is 15.0. The lowest BCUT2D eigenvalue weighted by atomic mass is 10.0. The lowest BCUT2D eigenvalue weighted by molar-refractivity contribution is -0.137. The first-order chi connectivity index (χ1) is 15.1. The Bertz CT molecular complexity index is 1210. The summed E-state index contributed by atoms with van der Waals surface area (Å²) in [6.45, 7) is 4.82. The molecule has 170 valence electrons. The van der Waals surface area contributed by atoms with E-state index in [2.05, 4.69) is 15.3 Å². The van der Waals surface area contributed by atoms with E-state index in [1.165, 1.54) is 16.9 Å². The van der Waals surface area contributed by atoms with Crippen molar-refractivity contribution in [1.82, 2.24) is 14.6 Å². The zero-order chi connectivity index (χ0) is 23.0. The first-order valence-corrected chi connectivity index (χ1v) is 10.0. The molecule has 32 heavy (non-hydrogen) atoms. The smallest absolute Gasteiger partial charge is 0.378 e. The van der Waals surface area contributed by atoms with E-state index in [1.54, 1.807) is 24.9 Å². The number of halogens is 4. The molecule has 1 aromatic carbocycles. The third kappa shape index (κ3) is 4.24. The number of aryl methyl sites for hydroxylation is 1.